The standard InChI is InChI=1S/C16H18N4O4/c1-3-19(16-14(20(22)23)8-5-9-17-16)11-15(21)18-12-6-4-7-13(10-12)24-2/h4-10H,3,11H2,1-2H3,(H,18,21). The molecule has 1 heterocycles. The molecule has 1 N–H and O–H groups in total. The van der Waals surface area contributed by atoms with Gasteiger partial charge in [-0.3, -0.25) is 14.9 Å². The van der Waals surface area contributed by atoms with Crippen molar-refractivity contribution >= 4 is 23.1 Å². The molecular weight excluding hydrogens is 312 g/mol. The topological polar surface area (TPSA) is 97.6 Å². The van der Waals surface area contributed by atoms with E-state index in [1.54, 1.807) is 43.2 Å². The lowest BCUT2D eigenvalue weighted by Gasteiger charge is -2.21. The van der Waals surface area contributed by atoms with E-state index in [1.807, 2.05) is 0 Å². The van der Waals surface area contributed by atoms with Crippen LogP contribution in [0.2, 0.25) is 0 Å². The third-order valence-corrected chi connectivity index (χ3v) is 3.33. The summed E-state index contributed by atoms with van der Waals surface area (Å²) in [5.74, 6) is 0.497. The van der Waals surface area contributed by atoms with Crippen molar-refractivity contribution in [3.05, 3.63) is 52.7 Å². The van der Waals surface area contributed by atoms with Crippen molar-refractivity contribution in [3.8, 4) is 5.75 Å². The first kappa shape index (κ1) is 17.2. The average Bonchev–Trinajstić information content (AvgIpc) is 2.59. The molecular formula is C16H18N4O4. The van der Waals surface area contributed by atoms with Crippen LogP contribution >= 0.6 is 0 Å². The van der Waals surface area contributed by atoms with Gasteiger partial charge in [-0.1, -0.05) is 6.07 Å². The molecule has 0 aliphatic heterocycles. The largest absolute Gasteiger partial charge is 0.497 e. The molecule has 0 unspecified atom stereocenters. The van der Waals surface area contributed by atoms with Crippen molar-refractivity contribution in [1.29, 1.82) is 0 Å². The molecule has 1 aromatic carbocycles. The van der Waals surface area contributed by atoms with Crippen molar-refractivity contribution in [1.82, 2.24) is 4.98 Å². The molecule has 0 bridgehead atoms. The number of aromatic nitrogens is 1. The molecule has 1 aromatic heterocycles. The number of methoxy groups -OCH3 is 1. The Bertz CT molecular complexity index is 736. The third-order valence-electron chi connectivity index (χ3n) is 3.33. The van der Waals surface area contributed by atoms with Gasteiger partial charge in [-0.15, -0.1) is 0 Å². The van der Waals surface area contributed by atoms with Crippen LogP contribution in [0.1, 0.15) is 6.92 Å². The zero-order chi connectivity index (χ0) is 17.5. The highest BCUT2D eigenvalue weighted by molar-refractivity contribution is 5.94. The van der Waals surface area contributed by atoms with Crippen LogP contribution in [0.15, 0.2) is 42.6 Å². The zero-order valence-corrected chi connectivity index (χ0v) is 13.4. The number of amides is 1. The third kappa shape index (κ3) is 4.19. The van der Waals surface area contributed by atoms with E-state index < -0.39 is 4.92 Å². The highest BCUT2D eigenvalue weighted by Gasteiger charge is 2.21. The number of nitro groups is 1. The van der Waals surface area contributed by atoms with E-state index in [0.29, 0.717) is 18.0 Å². The first-order chi connectivity index (χ1) is 11.5. The van der Waals surface area contributed by atoms with Crippen LogP contribution in [0.5, 0.6) is 5.75 Å². The molecule has 8 nitrogen and oxygen atoms in total. The lowest BCUT2D eigenvalue weighted by molar-refractivity contribution is -0.384. The number of hydrogen-bond donors (Lipinski definition) is 1. The van der Waals surface area contributed by atoms with E-state index >= 15 is 0 Å². The van der Waals surface area contributed by atoms with Gasteiger partial charge in [0.2, 0.25) is 11.7 Å². The molecule has 126 valence electrons. The minimum atomic E-state index is -0.509. The molecule has 1 amide bonds. The maximum atomic E-state index is 12.2. The second-order valence-electron chi connectivity index (χ2n) is 4.90. The fourth-order valence-electron chi connectivity index (χ4n) is 2.19. The summed E-state index contributed by atoms with van der Waals surface area (Å²) in [4.78, 5) is 28.4. The quantitative estimate of drug-likeness (QED) is 0.618. The molecule has 0 aliphatic carbocycles. The van der Waals surface area contributed by atoms with Gasteiger partial charge in [0, 0.05) is 30.6 Å². The number of carbonyl (C=O) groups is 1. The summed E-state index contributed by atoms with van der Waals surface area (Å²) in [5, 5.41) is 13.9. The first-order valence-electron chi connectivity index (χ1n) is 7.33. The minimum absolute atomic E-state index is 0.0500. The van der Waals surface area contributed by atoms with Crippen LogP contribution in [-0.2, 0) is 4.79 Å². The summed E-state index contributed by atoms with van der Waals surface area (Å²) in [5.41, 5.74) is 0.458. The van der Waals surface area contributed by atoms with Crippen LogP contribution in [-0.4, -0.2) is 36.0 Å². The summed E-state index contributed by atoms with van der Waals surface area (Å²) in [7, 11) is 1.54. The first-order valence-corrected chi connectivity index (χ1v) is 7.33. The number of benzene rings is 1. The number of nitrogens with one attached hydrogen (secondary N) is 1. The van der Waals surface area contributed by atoms with Gasteiger partial charge in [-0.25, -0.2) is 4.98 Å². The Morgan fingerprint density at radius 1 is 1.38 bits per heavy atom. The number of pyridine rings is 1. The number of rotatable bonds is 7. The Kier molecular flexibility index (Phi) is 5.67. The molecule has 2 aromatic rings. The van der Waals surface area contributed by atoms with Crippen molar-refractivity contribution < 1.29 is 14.5 Å². The van der Waals surface area contributed by atoms with Gasteiger partial charge >= 0.3 is 5.69 Å². The fourth-order valence-corrected chi connectivity index (χ4v) is 2.19. The number of anilines is 2. The SMILES string of the molecule is CCN(CC(=O)Nc1cccc(OC)c1)c1ncccc1[N+](=O)[O-]. The van der Waals surface area contributed by atoms with Gasteiger partial charge in [-0.2, -0.15) is 0 Å². The average molecular weight is 330 g/mol. The second kappa shape index (κ2) is 7.91. The number of nitrogens with zero attached hydrogens (tertiary/aromatic N) is 3. The van der Waals surface area contributed by atoms with E-state index in [9.17, 15) is 14.9 Å². The Labute approximate surface area is 139 Å². The Hall–Kier alpha value is -3.16. The summed E-state index contributed by atoms with van der Waals surface area (Å²) < 4.78 is 5.10. The van der Waals surface area contributed by atoms with E-state index in [2.05, 4.69) is 10.3 Å². The fraction of sp³-hybridized carbons (Fsp3) is 0.250. The van der Waals surface area contributed by atoms with Gasteiger partial charge in [0.1, 0.15) is 5.75 Å². The van der Waals surface area contributed by atoms with Gasteiger partial charge in [0.25, 0.3) is 0 Å². The monoisotopic (exact) mass is 330 g/mol. The van der Waals surface area contributed by atoms with E-state index in [0.717, 1.165) is 0 Å². The highest BCUT2D eigenvalue weighted by Crippen LogP contribution is 2.24. The summed E-state index contributed by atoms with van der Waals surface area (Å²) >= 11 is 0. The van der Waals surface area contributed by atoms with E-state index in [4.69, 9.17) is 4.74 Å². The Morgan fingerprint density at radius 2 is 2.17 bits per heavy atom. The Morgan fingerprint density at radius 3 is 2.83 bits per heavy atom. The van der Waals surface area contributed by atoms with Crippen molar-refractivity contribution in [2.24, 2.45) is 0 Å². The highest BCUT2D eigenvalue weighted by atomic mass is 16.6. The lowest BCUT2D eigenvalue weighted by atomic mass is 10.3. The molecule has 2 rings (SSSR count). The normalized spacial score (nSPS) is 10.1. The molecule has 0 radical (unpaired) electrons. The molecule has 0 fully saturated rings. The Balaban J connectivity index is 2.12. The minimum Gasteiger partial charge on any atom is -0.497 e. The summed E-state index contributed by atoms with van der Waals surface area (Å²) in [6, 6.07) is 9.81. The molecule has 0 saturated heterocycles. The summed E-state index contributed by atoms with van der Waals surface area (Å²) in [6.45, 7) is 2.16. The van der Waals surface area contributed by atoms with Crippen LogP contribution in [0.25, 0.3) is 0 Å². The summed E-state index contributed by atoms with van der Waals surface area (Å²) in [6.07, 6.45) is 1.46. The maximum absolute atomic E-state index is 12.2. The van der Waals surface area contributed by atoms with Gasteiger partial charge in [0.15, 0.2) is 0 Å². The van der Waals surface area contributed by atoms with Crippen LogP contribution in [0, 0.1) is 10.1 Å². The number of ether oxygens (including phenoxy) is 1. The predicted octanol–water partition coefficient (Wildman–Crippen LogP) is 2.46. The van der Waals surface area contributed by atoms with Gasteiger partial charge < -0.3 is 15.0 Å². The zero-order valence-electron chi connectivity index (χ0n) is 13.4. The molecule has 8 heteroatoms. The number of likely N-dealkylation sites (N-methyl/N-ethyl adjacent to an activating group) is 1. The molecule has 0 atom stereocenters. The van der Waals surface area contributed by atoms with Crippen molar-refractivity contribution in [3.63, 3.8) is 0 Å². The van der Waals surface area contributed by atoms with Crippen LogP contribution in [0.4, 0.5) is 17.2 Å². The van der Waals surface area contributed by atoms with Crippen molar-refractivity contribution in [2.45, 2.75) is 6.92 Å². The van der Waals surface area contributed by atoms with Crippen molar-refractivity contribution in [2.75, 3.05) is 30.4 Å². The molecule has 0 aliphatic rings. The second-order valence-corrected chi connectivity index (χ2v) is 4.90. The molecule has 24 heavy (non-hydrogen) atoms. The van der Waals surface area contributed by atoms with Crippen LogP contribution in [0.3, 0.4) is 0 Å². The van der Waals surface area contributed by atoms with E-state index in [1.165, 1.54) is 18.3 Å². The molecule has 0 spiro atoms. The van der Waals surface area contributed by atoms with Gasteiger partial charge in [0.05, 0.1) is 18.6 Å². The van der Waals surface area contributed by atoms with Crippen LogP contribution < -0.4 is 15.0 Å². The lowest BCUT2D eigenvalue weighted by Crippen LogP contribution is -2.34. The molecule has 0 saturated carbocycles. The smallest absolute Gasteiger partial charge is 0.311 e. The van der Waals surface area contributed by atoms with Gasteiger partial charge in [-0.05, 0) is 25.1 Å². The number of hydrogen-bond acceptors (Lipinski definition) is 6. The van der Waals surface area contributed by atoms with E-state index in [-0.39, 0.29) is 24.0 Å². The number of carbonyl (C=O) groups excluding carboxylic acids is 1. The predicted molar refractivity (Wildman–Crippen MR) is 90.4 cm³/mol. The maximum Gasteiger partial charge on any atom is 0.311 e.